The van der Waals surface area contributed by atoms with Crippen LogP contribution in [0.2, 0.25) is 0 Å². The lowest BCUT2D eigenvalue weighted by Gasteiger charge is -2.72. The first kappa shape index (κ1) is 35.9. The van der Waals surface area contributed by atoms with Gasteiger partial charge in [0.15, 0.2) is 0 Å². The molecule has 4 saturated carbocycles. The summed E-state index contributed by atoms with van der Waals surface area (Å²) in [5, 5.41) is 4.22. The van der Waals surface area contributed by atoms with E-state index in [9.17, 15) is 9.59 Å². The number of rotatable bonds is 8. The highest BCUT2D eigenvalue weighted by molar-refractivity contribution is 5.90. The number of benzene rings is 1. The molecule has 6 aliphatic rings. The largest absolute Gasteiger partial charge is 0.465 e. The fourth-order valence-corrected chi connectivity index (χ4v) is 14.1. The molecule has 0 bridgehead atoms. The van der Waals surface area contributed by atoms with Gasteiger partial charge in [0.1, 0.15) is 5.82 Å². The molecular formula is C44H63FN2O3. The molecule has 7 rings (SSSR count). The molecule has 1 saturated heterocycles. The number of allylic oxidation sites excluding steroid dienone is 3. The van der Waals surface area contributed by atoms with Gasteiger partial charge in [-0.15, -0.1) is 0 Å². The van der Waals surface area contributed by atoms with Crippen LogP contribution in [0.1, 0.15) is 135 Å². The molecule has 0 radical (unpaired) electrons. The summed E-state index contributed by atoms with van der Waals surface area (Å²) in [6, 6.07) is 5.06. The van der Waals surface area contributed by atoms with Crippen molar-refractivity contribution in [2.45, 2.75) is 124 Å². The summed E-state index contributed by atoms with van der Waals surface area (Å²) in [5.41, 5.74) is 4.22. The van der Waals surface area contributed by atoms with E-state index in [2.05, 4.69) is 64.4 Å². The summed E-state index contributed by atoms with van der Waals surface area (Å²) >= 11 is 0. The molecule has 1 aliphatic heterocycles. The first-order valence-corrected chi connectivity index (χ1v) is 19.9. The van der Waals surface area contributed by atoms with E-state index in [4.69, 9.17) is 4.74 Å². The van der Waals surface area contributed by atoms with Crippen LogP contribution >= 0.6 is 0 Å². The van der Waals surface area contributed by atoms with E-state index in [0.29, 0.717) is 35.5 Å². The maximum absolute atomic E-state index is 15.2. The zero-order valence-corrected chi connectivity index (χ0v) is 32.1. The van der Waals surface area contributed by atoms with Gasteiger partial charge in [-0.1, -0.05) is 58.9 Å². The van der Waals surface area contributed by atoms with Gasteiger partial charge in [-0.05, 0) is 159 Å². The van der Waals surface area contributed by atoms with Crippen LogP contribution < -0.4 is 5.32 Å². The molecule has 9 unspecified atom stereocenters. The van der Waals surface area contributed by atoms with Crippen LogP contribution in [0.15, 0.2) is 36.4 Å². The molecule has 5 nitrogen and oxygen atoms in total. The molecule has 1 N–H and O–H groups in total. The Balaban J connectivity index is 1.15. The van der Waals surface area contributed by atoms with Crippen molar-refractivity contribution in [3.8, 4) is 0 Å². The normalized spacial score (nSPS) is 40.3. The van der Waals surface area contributed by atoms with Crippen LogP contribution in [0.25, 0.3) is 5.57 Å². The van der Waals surface area contributed by atoms with Crippen molar-refractivity contribution in [3.05, 3.63) is 53.4 Å². The molecule has 5 aliphatic carbocycles. The van der Waals surface area contributed by atoms with Crippen LogP contribution in [-0.2, 0) is 9.53 Å². The summed E-state index contributed by atoms with van der Waals surface area (Å²) in [6.07, 6.45) is 16.2. The van der Waals surface area contributed by atoms with E-state index < -0.39 is 11.8 Å². The number of carbonyl (C=O) groups excluding carboxylic acids is 2. The number of methoxy groups -OCH3 is 1. The highest BCUT2D eigenvalue weighted by atomic mass is 19.1. The Bertz CT molecular complexity index is 1580. The predicted octanol–water partition coefficient (Wildman–Crippen LogP) is 9.62. The molecule has 1 heterocycles. The second-order valence-electron chi connectivity index (χ2n) is 18.8. The average Bonchev–Trinajstić information content (AvgIpc) is 3.66. The fourth-order valence-electron chi connectivity index (χ4n) is 14.1. The van der Waals surface area contributed by atoms with Crippen LogP contribution in [0.5, 0.6) is 0 Å². The highest BCUT2D eigenvalue weighted by Crippen LogP contribution is 2.76. The van der Waals surface area contributed by atoms with E-state index in [-0.39, 0.29) is 32.8 Å². The van der Waals surface area contributed by atoms with Crippen molar-refractivity contribution in [1.29, 1.82) is 0 Å². The second kappa shape index (κ2) is 12.6. The lowest BCUT2D eigenvalue weighted by Crippen LogP contribution is -2.68. The van der Waals surface area contributed by atoms with Gasteiger partial charge in [0.2, 0.25) is 5.91 Å². The van der Waals surface area contributed by atoms with Crippen molar-refractivity contribution >= 4 is 17.4 Å². The minimum Gasteiger partial charge on any atom is -0.465 e. The molecule has 9 atom stereocenters. The predicted molar refractivity (Wildman–Crippen MR) is 199 cm³/mol. The lowest BCUT2D eigenvalue weighted by molar-refractivity contribution is -0.219. The van der Waals surface area contributed by atoms with Gasteiger partial charge < -0.3 is 15.0 Å². The molecule has 1 amide bonds. The fraction of sp³-hybridized carbons (Fsp3) is 0.727. The number of nitrogens with one attached hydrogen (secondary N) is 1. The number of carbonyl (C=O) groups is 2. The highest BCUT2D eigenvalue weighted by Gasteiger charge is 2.70. The quantitative estimate of drug-likeness (QED) is 0.168. The maximum Gasteiger partial charge on any atom is 0.340 e. The first-order chi connectivity index (χ1) is 23.6. The summed E-state index contributed by atoms with van der Waals surface area (Å²) < 4.78 is 20.0. The van der Waals surface area contributed by atoms with E-state index in [1.165, 1.54) is 69.6 Å². The molecule has 274 valence electrons. The van der Waals surface area contributed by atoms with Crippen molar-refractivity contribution in [2.75, 3.05) is 26.7 Å². The number of esters is 1. The number of hydrogen-bond donors (Lipinski definition) is 1. The average molecular weight is 687 g/mol. The van der Waals surface area contributed by atoms with Crippen molar-refractivity contribution < 1.29 is 18.7 Å². The molecule has 50 heavy (non-hydrogen) atoms. The zero-order chi connectivity index (χ0) is 35.9. The summed E-state index contributed by atoms with van der Waals surface area (Å²) in [5.74, 6) is 2.19. The van der Waals surface area contributed by atoms with Crippen molar-refractivity contribution in [1.82, 2.24) is 10.2 Å². The molecule has 0 spiro atoms. The number of nitrogens with zero attached hydrogens (tertiary/aromatic N) is 1. The summed E-state index contributed by atoms with van der Waals surface area (Å²) in [7, 11) is 1.30. The third-order valence-corrected chi connectivity index (χ3v) is 16.6. The van der Waals surface area contributed by atoms with Gasteiger partial charge in [0, 0.05) is 25.0 Å². The third kappa shape index (κ3) is 5.22. The SMILES string of the molecule is C=C(C)C1CCC2(NCCCN3CCCC3=O)CCC3(C)C(CCC4C5(C)CC=C(c6ccc(C(=O)OC)c(F)c6)C(C)(C)C5CCC43C)C12. The van der Waals surface area contributed by atoms with E-state index >= 15 is 4.39 Å². The second-order valence-corrected chi connectivity index (χ2v) is 18.8. The Labute approximate surface area is 301 Å². The summed E-state index contributed by atoms with van der Waals surface area (Å²) in [4.78, 5) is 26.4. The zero-order valence-electron chi connectivity index (χ0n) is 32.1. The van der Waals surface area contributed by atoms with Gasteiger partial charge >= 0.3 is 5.97 Å². The van der Waals surface area contributed by atoms with Crippen LogP contribution in [0, 0.1) is 57.1 Å². The van der Waals surface area contributed by atoms with Crippen LogP contribution in [-0.4, -0.2) is 49.1 Å². The molecule has 0 aromatic heterocycles. The van der Waals surface area contributed by atoms with Crippen LogP contribution in [0.3, 0.4) is 0 Å². The van der Waals surface area contributed by atoms with Gasteiger partial charge in [-0.3, -0.25) is 4.79 Å². The number of amides is 1. The van der Waals surface area contributed by atoms with E-state index in [1.807, 2.05) is 6.07 Å². The molecule has 6 heteroatoms. The van der Waals surface area contributed by atoms with Crippen LogP contribution in [0.4, 0.5) is 4.39 Å². The Hall–Kier alpha value is -2.47. The summed E-state index contributed by atoms with van der Waals surface area (Å²) in [6.45, 7) is 22.5. The van der Waals surface area contributed by atoms with Gasteiger partial charge in [0.25, 0.3) is 0 Å². The number of ether oxygens (including phenoxy) is 1. The Morgan fingerprint density at radius 3 is 2.48 bits per heavy atom. The monoisotopic (exact) mass is 686 g/mol. The third-order valence-electron chi connectivity index (χ3n) is 16.6. The first-order valence-electron chi connectivity index (χ1n) is 19.9. The smallest absolute Gasteiger partial charge is 0.340 e. The number of halogens is 1. The number of fused-ring (bicyclic) bond motifs is 7. The minimum absolute atomic E-state index is 0.00448. The van der Waals surface area contributed by atoms with E-state index in [1.54, 1.807) is 12.1 Å². The minimum atomic E-state index is -0.632. The molecule has 1 aromatic carbocycles. The molecule has 5 fully saturated rings. The van der Waals surface area contributed by atoms with Gasteiger partial charge in [0.05, 0.1) is 12.7 Å². The molecule has 1 aromatic rings. The van der Waals surface area contributed by atoms with E-state index in [0.717, 1.165) is 50.9 Å². The topological polar surface area (TPSA) is 58.6 Å². The van der Waals surface area contributed by atoms with Gasteiger partial charge in [-0.25, -0.2) is 9.18 Å². The number of likely N-dealkylation sites (tertiary alicyclic amines) is 1. The Morgan fingerprint density at radius 2 is 1.80 bits per heavy atom. The van der Waals surface area contributed by atoms with Gasteiger partial charge in [-0.2, -0.15) is 0 Å². The number of hydrogen-bond acceptors (Lipinski definition) is 4. The molecular weight excluding hydrogens is 623 g/mol. The maximum atomic E-state index is 15.2. The Kier molecular flexibility index (Phi) is 9.04. The standard InChI is InChI=1S/C44H63FN2O3/c1-28(2)30-16-21-44(46-24-10-26-47-25-9-11-37(47)48)23-22-42(6)33(38(30)44)14-15-36-41(5)19-17-32(40(3,4)35(41)18-20-43(36,42)7)29-12-13-31(34(45)27-29)39(49)50-8/h12-13,17,27,30,33,35-36,38,46H,1,9-11,14-16,18-26H2,2-8H3. The Morgan fingerprint density at radius 1 is 1.02 bits per heavy atom. The van der Waals surface area contributed by atoms with Crippen molar-refractivity contribution in [2.24, 2.45) is 51.2 Å². The van der Waals surface area contributed by atoms with Crippen molar-refractivity contribution in [3.63, 3.8) is 0 Å². The lowest BCUT2D eigenvalue weighted by atomic mass is 9.33.